The van der Waals surface area contributed by atoms with Crippen molar-refractivity contribution >= 4 is 5.84 Å². The Morgan fingerprint density at radius 3 is 2.67 bits per heavy atom. The first-order valence-electron chi connectivity index (χ1n) is 5.46. The molecule has 6 nitrogen and oxygen atoms in total. The van der Waals surface area contributed by atoms with E-state index in [1.165, 1.54) is 0 Å². The van der Waals surface area contributed by atoms with E-state index in [9.17, 15) is 0 Å². The minimum Gasteiger partial charge on any atom is -0.409 e. The van der Waals surface area contributed by atoms with Gasteiger partial charge in [-0.1, -0.05) is 34.6 Å². The summed E-state index contributed by atoms with van der Waals surface area (Å²) < 4.78 is 4.96. The van der Waals surface area contributed by atoms with E-state index in [1.807, 2.05) is 18.2 Å². The molecule has 1 aromatic carbocycles. The van der Waals surface area contributed by atoms with Crippen molar-refractivity contribution < 1.29 is 9.73 Å². The number of amidine groups is 1. The Kier molecular flexibility index (Phi) is 3.93. The van der Waals surface area contributed by atoms with Gasteiger partial charge in [0.2, 0.25) is 0 Å². The van der Waals surface area contributed by atoms with Crippen LogP contribution in [-0.4, -0.2) is 16.2 Å². The number of aromatic nitrogens is 1. The van der Waals surface area contributed by atoms with E-state index in [-0.39, 0.29) is 5.84 Å². The van der Waals surface area contributed by atoms with Gasteiger partial charge in [0.05, 0.1) is 12.7 Å². The third kappa shape index (κ3) is 3.08. The zero-order valence-corrected chi connectivity index (χ0v) is 9.71. The zero-order chi connectivity index (χ0) is 12.8. The van der Waals surface area contributed by atoms with Crippen molar-refractivity contribution in [2.24, 2.45) is 10.9 Å². The Balaban J connectivity index is 1.87. The predicted octanol–water partition coefficient (Wildman–Crippen LogP) is 1.06. The van der Waals surface area contributed by atoms with Gasteiger partial charge in [-0.2, -0.15) is 0 Å². The maximum atomic E-state index is 8.54. The van der Waals surface area contributed by atoms with Gasteiger partial charge in [-0.25, -0.2) is 0 Å². The molecule has 0 aliphatic rings. The number of benzene rings is 1. The van der Waals surface area contributed by atoms with Crippen LogP contribution in [0.15, 0.2) is 46.2 Å². The molecule has 0 saturated carbocycles. The van der Waals surface area contributed by atoms with E-state index in [2.05, 4.69) is 15.6 Å². The normalized spacial score (nSPS) is 11.7. The summed E-state index contributed by atoms with van der Waals surface area (Å²) in [4.78, 5) is 0. The first-order chi connectivity index (χ1) is 8.79. The lowest BCUT2D eigenvalue weighted by Crippen LogP contribution is -2.14. The highest BCUT2D eigenvalue weighted by Gasteiger charge is 2.00. The average molecular weight is 246 g/mol. The van der Waals surface area contributed by atoms with E-state index >= 15 is 0 Å². The second-order valence-corrected chi connectivity index (χ2v) is 3.76. The van der Waals surface area contributed by atoms with Crippen molar-refractivity contribution in [3.8, 4) is 0 Å². The summed E-state index contributed by atoms with van der Waals surface area (Å²) in [7, 11) is 0. The second kappa shape index (κ2) is 5.83. The Morgan fingerprint density at radius 2 is 2.06 bits per heavy atom. The summed E-state index contributed by atoms with van der Waals surface area (Å²) in [5.74, 6) is 0.902. The monoisotopic (exact) mass is 246 g/mol. The van der Waals surface area contributed by atoms with Crippen LogP contribution >= 0.6 is 0 Å². The molecule has 4 N–H and O–H groups in total. The smallest absolute Gasteiger partial charge is 0.170 e. The summed E-state index contributed by atoms with van der Waals surface area (Å²) in [6.45, 7) is 1.33. The number of nitrogens with two attached hydrogens (primary N) is 1. The molecule has 0 aliphatic carbocycles. The van der Waals surface area contributed by atoms with Crippen LogP contribution in [0.25, 0.3) is 0 Å². The molecule has 0 fully saturated rings. The van der Waals surface area contributed by atoms with Crippen LogP contribution in [-0.2, 0) is 13.1 Å². The molecule has 94 valence electrons. The molecule has 0 atom stereocenters. The van der Waals surface area contributed by atoms with Gasteiger partial charge < -0.3 is 20.8 Å². The summed E-state index contributed by atoms with van der Waals surface area (Å²) >= 11 is 0. The highest BCUT2D eigenvalue weighted by atomic mass is 16.5. The summed E-state index contributed by atoms with van der Waals surface area (Å²) in [6, 6.07) is 9.26. The van der Waals surface area contributed by atoms with Crippen LogP contribution < -0.4 is 11.1 Å². The van der Waals surface area contributed by atoms with Crippen LogP contribution in [0.4, 0.5) is 0 Å². The summed E-state index contributed by atoms with van der Waals surface area (Å²) in [5.41, 5.74) is 7.27. The lowest BCUT2D eigenvalue weighted by molar-refractivity contribution is 0.318. The minimum absolute atomic E-state index is 0.108. The summed E-state index contributed by atoms with van der Waals surface area (Å²) in [6.07, 6.45) is 1.61. The molecule has 1 aromatic heterocycles. The molecular weight excluding hydrogens is 232 g/mol. The van der Waals surface area contributed by atoms with Gasteiger partial charge in [0, 0.05) is 18.2 Å². The molecule has 0 amide bonds. The number of nitrogens with zero attached hydrogens (tertiary/aromatic N) is 2. The molecule has 0 aliphatic heterocycles. The van der Waals surface area contributed by atoms with Crippen molar-refractivity contribution in [1.82, 2.24) is 10.5 Å². The topological polar surface area (TPSA) is 96.7 Å². The van der Waals surface area contributed by atoms with Gasteiger partial charge in [0.1, 0.15) is 5.76 Å². The SMILES string of the molecule is N/C(=N/O)c1ccc(CNCc2ccno2)cc1. The second-order valence-electron chi connectivity index (χ2n) is 3.76. The number of hydrogen-bond donors (Lipinski definition) is 3. The van der Waals surface area contributed by atoms with Crippen LogP contribution in [0.5, 0.6) is 0 Å². The number of hydrogen-bond acceptors (Lipinski definition) is 5. The summed E-state index contributed by atoms with van der Waals surface area (Å²) in [5, 5.41) is 18.3. The Bertz CT molecular complexity index is 505. The predicted molar refractivity (Wildman–Crippen MR) is 66.0 cm³/mol. The maximum absolute atomic E-state index is 8.54. The first-order valence-corrected chi connectivity index (χ1v) is 5.46. The van der Waals surface area contributed by atoms with E-state index in [4.69, 9.17) is 15.5 Å². The van der Waals surface area contributed by atoms with Crippen LogP contribution in [0.2, 0.25) is 0 Å². The lowest BCUT2D eigenvalue weighted by Gasteiger charge is -2.04. The standard InChI is InChI=1S/C12H14N4O2/c13-12(16-17)10-3-1-9(2-4-10)7-14-8-11-5-6-15-18-11/h1-6,14,17H,7-8H2,(H2,13,16). The molecule has 2 aromatic rings. The fraction of sp³-hybridized carbons (Fsp3) is 0.167. The molecule has 6 heteroatoms. The van der Waals surface area contributed by atoms with Crippen molar-refractivity contribution in [2.45, 2.75) is 13.1 Å². The van der Waals surface area contributed by atoms with Crippen LogP contribution in [0, 0.1) is 0 Å². The van der Waals surface area contributed by atoms with E-state index in [1.54, 1.807) is 18.3 Å². The van der Waals surface area contributed by atoms with Gasteiger partial charge in [0.25, 0.3) is 0 Å². The van der Waals surface area contributed by atoms with Gasteiger partial charge >= 0.3 is 0 Å². The quantitative estimate of drug-likeness (QED) is 0.317. The van der Waals surface area contributed by atoms with E-state index in [0.29, 0.717) is 18.7 Å². The molecule has 2 rings (SSSR count). The van der Waals surface area contributed by atoms with Gasteiger partial charge in [-0.15, -0.1) is 0 Å². The van der Waals surface area contributed by atoms with Crippen molar-refractivity contribution in [1.29, 1.82) is 0 Å². The van der Waals surface area contributed by atoms with Crippen molar-refractivity contribution in [3.63, 3.8) is 0 Å². The molecule has 0 saturated heterocycles. The fourth-order valence-corrected chi connectivity index (χ4v) is 1.51. The number of oxime groups is 1. The lowest BCUT2D eigenvalue weighted by atomic mass is 10.1. The third-order valence-corrected chi connectivity index (χ3v) is 2.48. The molecule has 18 heavy (non-hydrogen) atoms. The van der Waals surface area contributed by atoms with Crippen LogP contribution in [0.3, 0.4) is 0 Å². The highest BCUT2D eigenvalue weighted by Crippen LogP contribution is 2.04. The Morgan fingerprint density at radius 1 is 1.28 bits per heavy atom. The van der Waals surface area contributed by atoms with Gasteiger partial charge in [-0.3, -0.25) is 0 Å². The Hall–Kier alpha value is -2.34. The molecule has 0 radical (unpaired) electrons. The molecular formula is C12H14N4O2. The molecule has 0 unspecified atom stereocenters. The molecule has 0 bridgehead atoms. The number of rotatable bonds is 5. The van der Waals surface area contributed by atoms with Crippen LogP contribution in [0.1, 0.15) is 16.9 Å². The Labute approximate surface area is 104 Å². The molecule has 1 heterocycles. The van der Waals surface area contributed by atoms with E-state index < -0.39 is 0 Å². The maximum Gasteiger partial charge on any atom is 0.170 e. The highest BCUT2D eigenvalue weighted by molar-refractivity contribution is 5.96. The van der Waals surface area contributed by atoms with Gasteiger partial charge in [0.15, 0.2) is 5.84 Å². The first kappa shape index (κ1) is 12.1. The number of nitrogens with one attached hydrogen (secondary N) is 1. The van der Waals surface area contributed by atoms with Crippen molar-refractivity contribution in [2.75, 3.05) is 0 Å². The van der Waals surface area contributed by atoms with E-state index in [0.717, 1.165) is 11.3 Å². The fourth-order valence-electron chi connectivity index (χ4n) is 1.51. The minimum atomic E-state index is 0.108. The van der Waals surface area contributed by atoms with Gasteiger partial charge in [-0.05, 0) is 5.56 Å². The molecule has 0 spiro atoms. The zero-order valence-electron chi connectivity index (χ0n) is 9.71. The third-order valence-electron chi connectivity index (χ3n) is 2.48. The van der Waals surface area contributed by atoms with Crippen molar-refractivity contribution in [3.05, 3.63) is 53.4 Å². The largest absolute Gasteiger partial charge is 0.409 e. The average Bonchev–Trinajstić information content (AvgIpc) is 2.92.